The highest BCUT2D eigenvalue weighted by Crippen LogP contribution is 2.23. The van der Waals surface area contributed by atoms with Gasteiger partial charge in [0, 0.05) is 13.0 Å². The standard InChI is InChI=1S/C11H20N2/c1-10(2)11-5-8-13(9-11)7-4-3-6-12/h10-11H,3-5,7-9H2,1-2H3. The Morgan fingerprint density at radius 1 is 1.54 bits per heavy atom. The average Bonchev–Trinajstić information content (AvgIpc) is 2.53. The molecular weight excluding hydrogens is 160 g/mol. The van der Waals surface area contributed by atoms with Crippen molar-refractivity contribution >= 4 is 0 Å². The van der Waals surface area contributed by atoms with Gasteiger partial charge in [-0.1, -0.05) is 13.8 Å². The molecule has 1 heterocycles. The van der Waals surface area contributed by atoms with Gasteiger partial charge in [-0.25, -0.2) is 0 Å². The Kier molecular flexibility index (Phi) is 4.24. The second-order valence-corrected chi connectivity index (χ2v) is 4.36. The van der Waals surface area contributed by atoms with Crippen molar-refractivity contribution in [1.29, 1.82) is 5.26 Å². The summed E-state index contributed by atoms with van der Waals surface area (Å²) >= 11 is 0. The molecule has 0 aromatic carbocycles. The van der Waals surface area contributed by atoms with Gasteiger partial charge in [0.15, 0.2) is 0 Å². The van der Waals surface area contributed by atoms with Gasteiger partial charge in [-0.2, -0.15) is 5.26 Å². The molecule has 2 nitrogen and oxygen atoms in total. The van der Waals surface area contributed by atoms with Crippen LogP contribution < -0.4 is 0 Å². The Morgan fingerprint density at radius 3 is 2.85 bits per heavy atom. The Labute approximate surface area is 81.5 Å². The zero-order valence-corrected chi connectivity index (χ0v) is 8.79. The van der Waals surface area contributed by atoms with Crippen molar-refractivity contribution < 1.29 is 0 Å². The van der Waals surface area contributed by atoms with Gasteiger partial charge in [0.25, 0.3) is 0 Å². The van der Waals surface area contributed by atoms with E-state index in [1.54, 1.807) is 0 Å². The first-order valence-corrected chi connectivity index (χ1v) is 5.33. The first kappa shape index (κ1) is 10.5. The molecule has 1 rings (SSSR count). The van der Waals surface area contributed by atoms with Crippen LogP contribution >= 0.6 is 0 Å². The van der Waals surface area contributed by atoms with Gasteiger partial charge >= 0.3 is 0 Å². The first-order valence-electron chi connectivity index (χ1n) is 5.33. The summed E-state index contributed by atoms with van der Waals surface area (Å²) in [5.41, 5.74) is 0. The molecule has 2 heteroatoms. The average molecular weight is 180 g/mol. The van der Waals surface area contributed by atoms with Crippen molar-refractivity contribution in [2.75, 3.05) is 19.6 Å². The molecule has 0 bridgehead atoms. The molecule has 74 valence electrons. The van der Waals surface area contributed by atoms with Crippen molar-refractivity contribution in [3.8, 4) is 6.07 Å². The summed E-state index contributed by atoms with van der Waals surface area (Å²) in [7, 11) is 0. The number of nitrogens with zero attached hydrogens (tertiary/aromatic N) is 2. The molecule has 1 atom stereocenters. The number of unbranched alkanes of at least 4 members (excludes halogenated alkanes) is 1. The Balaban J connectivity index is 2.15. The molecule has 0 saturated carbocycles. The van der Waals surface area contributed by atoms with E-state index < -0.39 is 0 Å². The molecule has 1 aliphatic heterocycles. The summed E-state index contributed by atoms with van der Waals surface area (Å²) in [6.07, 6.45) is 3.11. The summed E-state index contributed by atoms with van der Waals surface area (Å²) in [5.74, 6) is 1.71. The largest absolute Gasteiger partial charge is 0.303 e. The summed E-state index contributed by atoms with van der Waals surface area (Å²) < 4.78 is 0. The van der Waals surface area contributed by atoms with Gasteiger partial charge in [0.1, 0.15) is 0 Å². The van der Waals surface area contributed by atoms with E-state index in [4.69, 9.17) is 5.26 Å². The van der Waals surface area contributed by atoms with Crippen LogP contribution in [0.15, 0.2) is 0 Å². The van der Waals surface area contributed by atoms with Crippen molar-refractivity contribution in [2.24, 2.45) is 11.8 Å². The van der Waals surface area contributed by atoms with Crippen molar-refractivity contribution in [3.05, 3.63) is 0 Å². The molecule has 0 radical (unpaired) electrons. The van der Waals surface area contributed by atoms with E-state index in [9.17, 15) is 0 Å². The van der Waals surface area contributed by atoms with E-state index in [0.29, 0.717) is 6.42 Å². The molecule has 13 heavy (non-hydrogen) atoms. The second kappa shape index (κ2) is 5.24. The number of hydrogen-bond donors (Lipinski definition) is 0. The molecular formula is C11H20N2. The van der Waals surface area contributed by atoms with Crippen LogP contribution in [0.25, 0.3) is 0 Å². The number of rotatable bonds is 4. The van der Waals surface area contributed by atoms with E-state index in [2.05, 4.69) is 24.8 Å². The van der Waals surface area contributed by atoms with E-state index >= 15 is 0 Å². The van der Waals surface area contributed by atoms with E-state index in [1.165, 1.54) is 19.5 Å². The van der Waals surface area contributed by atoms with Crippen LogP contribution in [0.1, 0.15) is 33.1 Å². The quantitative estimate of drug-likeness (QED) is 0.620. The van der Waals surface area contributed by atoms with Crippen molar-refractivity contribution in [3.63, 3.8) is 0 Å². The zero-order valence-electron chi connectivity index (χ0n) is 8.79. The molecule has 0 N–H and O–H groups in total. The maximum atomic E-state index is 8.41. The maximum Gasteiger partial charge on any atom is 0.0622 e. The van der Waals surface area contributed by atoms with Gasteiger partial charge in [0.2, 0.25) is 0 Å². The van der Waals surface area contributed by atoms with E-state index in [0.717, 1.165) is 24.8 Å². The van der Waals surface area contributed by atoms with Crippen LogP contribution in [0.5, 0.6) is 0 Å². The fraction of sp³-hybridized carbons (Fsp3) is 0.909. The Hall–Kier alpha value is -0.550. The Bertz CT molecular complexity index is 181. The minimum atomic E-state index is 0.711. The third kappa shape index (κ3) is 3.36. The predicted molar refractivity (Wildman–Crippen MR) is 54.2 cm³/mol. The highest BCUT2D eigenvalue weighted by Gasteiger charge is 2.23. The van der Waals surface area contributed by atoms with E-state index in [-0.39, 0.29) is 0 Å². The maximum absolute atomic E-state index is 8.41. The summed E-state index contributed by atoms with van der Waals surface area (Å²) in [5, 5.41) is 8.41. The molecule has 0 aromatic heterocycles. The van der Waals surface area contributed by atoms with Gasteiger partial charge in [-0.3, -0.25) is 0 Å². The van der Waals surface area contributed by atoms with Crippen LogP contribution in [0.2, 0.25) is 0 Å². The van der Waals surface area contributed by atoms with Gasteiger partial charge in [-0.15, -0.1) is 0 Å². The third-order valence-corrected chi connectivity index (χ3v) is 3.01. The minimum absolute atomic E-state index is 0.711. The van der Waals surface area contributed by atoms with Crippen molar-refractivity contribution in [2.45, 2.75) is 33.1 Å². The van der Waals surface area contributed by atoms with Crippen LogP contribution in [0.4, 0.5) is 0 Å². The Morgan fingerprint density at radius 2 is 2.31 bits per heavy atom. The second-order valence-electron chi connectivity index (χ2n) is 4.36. The fourth-order valence-corrected chi connectivity index (χ4v) is 1.99. The van der Waals surface area contributed by atoms with Crippen LogP contribution in [0, 0.1) is 23.2 Å². The molecule has 0 spiro atoms. The fourth-order valence-electron chi connectivity index (χ4n) is 1.99. The summed E-state index contributed by atoms with van der Waals surface area (Å²) in [6.45, 7) is 8.24. The van der Waals surface area contributed by atoms with E-state index in [1.807, 2.05) is 0 Å². The normalized spacial score (nSPS) is 23.7. The molecule has 1 unspecified atom stereocenters. The van der Waals surface area contributed by atoms with Crippen LogP contribution in [-0.4, -0.2) is 24.5 Å². The minimum Gasteiger partial charge on any atom is -0.303 e. The smallest absolute Gasteiger partial charge is 0.0622 e. The molecule has 0 aromatic rings. The monoisotopic (exact) mass is 180 g/mol. The topological polar surface area (TPSA) is 27.0 Å². The lowest BCUT2D eigenvalue weighted by Crippen LogP contribution is -2.22. The zero-order chi connectivity index (χ0) is 9.68. The molecule has 1 aliphatic rings. The summed E-state index contributed by atoms with van der Waals surface area (Å²) in [4.78, 5) is 2.50. The highest BCUT2D eigenvalue weighted by atomic mass is 15.1. The highest BCUT2D eigenvalue weighted by molar-refractivity contribution is 4.78. The lowest BCUT2D eigenvalue weighted by Gasteiger charge is -2.16. The van der Waals surface area contributed by atoms with Crippen LogP contribution in [-0.2, 0) is 0 Å². The first-order chi connectivity index (χ1) is 6.24. The van der Waals surface area contributed by atoms with Crippen LogP contribution in [0.3, 0.4) is 0 Å². The third-order valence-electron chi connectivity index (χ3n) is 3.01. The van der Waals surface area contributed by atoms with Crippen molar-refractivity contribution in [1.82, 2.24) is 4.90 Å². The van der Waals surface area contributed by atoms with Gasteiger partial charge in [-0.05, 0) is 37.8 Å². The number of nitriles is 1. The number of likely N-dealkylation sites (tertiary alicyclic amines) is 1. The lowest BCUT2D eigenvalue weighted by molar-refractivity contribution is 0.301. The summed E-state index contributed by atoms with van der Waals surface area (Å²) in [6, 6.07) is 2.20. The lowest BCUT2D eigenvalue weighted by atomic mass is 9.95. The molecule has 1 saturated heterocycles. The predicted octanol–water partition coefficient (Wildman–Crippen LogP) is 2.27. The SMILES string of the molecule is CC(C)C1CCN(CCCC#N)C1. The molecule has 1 fully saturated rings. The molecule has 0 aliphatic carbocycles. The number of hydrogen-bond acceptors (Lipinski definition) is 2. The van der Waals surface area contributed by atoms with Gasteiger partial charge in [0.05, 0.1) is 6.07 Å². The van der Waals surface area contributed by atoms with Gasteiger partial charge < -0.3 is 4.90 Å². The molecule has 0 amide bonds.